The number of hydrogen-bond donors (Lipinski definition) is 1. The number of nitrogens with zero attached hydrogens (tertiary/aromatic N) is 2. The minimum atomic E-state index is 0.529. The van der Waals surface area contributed by atoms with Crippen molar-refractivity contribution in [3.63, 3.8) is 0 Å². The minimum Gasteiger partial charge on any atom is -0.465 e. The Bertz CT molecular complexity index is 493. The molecule has 0 spiro atoms. The summed E-state index contributed by atoms with van der Waals surface area (Å²) in [6.45, 7) is 4.11. The van der Waals surface area contributed by atoms with Crippen LogP contribution in [0.15, 0.2) is 35.0 Å². The van der Waals surface area contributed by atoms with E-state index < -0.39 is 0 Å². The van der Waals surface area contributed by atoms with Gasteiger partial charge in [0.15, 0.2) is 0 Å². The van der Waals surface area contributed by atoms with Gasteiger partial charge in [0.2, 0.25) is 0 Å². The summed E-state index contributed by atoms with van der Waals surface area (Å²) in [5.41, 5.74) is 7.92. The topological polar surface area (TPSA) is 55.3 Å². The van der Waals surface area contributed by atoms with E-state index in [1.807, 2.05) is 25.3 Å². The third-order valence-electron chi connectivity index (χ3n) is 2.89. The van der Waals surface area contributed by atoms with Crippen molar-refractivity contribution in [2.24, 2.45) is 5.73 Å². The molecule has 0 aliphatic carbocycles. The summed E-state index contributed by atoms with van der Waals surface area (Å²) in [6.07, 6.45) is 3.67. The average molecular weight is 245 g/mol. The Morgan fingerprint density at radius 2 is 2.22 bits per heavy atom. The summed E-state index contributed by atoms with van der Waals surface area (Å²) in [7, 11) is 2.06. The lowest BCUT2D eigenvalue weighted by Crippen LogP contribution is -2.16. The standard InChI is InChI=1S/C14H19N3O/c1-11-13(7-15)6-14(18-11)10-17(2)9-12-4-3-5-16-8-12/h3-6,8H,7,9-10,15H2,1-2H3. The summed E-state index contributed by atoms with van der Waals surface area (Å²) < 4.78 is 5.68. The van der Waals surface area contributed by atoms with Gasteiger partial charge in [0.25, 0.3) is 0 Å². The Kier molecular flexibility index (Phi) is 4.12. The lowest BCUT2D eigenvalue weighted by molar-refractivity contribution is 0.285. The predicted molar refractivity (Wildman–Crippen MR) is 70.7 cm³/mol. The van der Waals surface area contributed by atoms with E-state index in [-0.39, 0.29) is 0 Å². The highest BCUT2D eigenvalue weighted by Crippen LogP contribution is 2.16. The van der Waals surface area contributed by atoms with Crippen LogP contribution in [0.1, 0.15) is 22.6 Å². The quantitative estimate of drug-likeness (QED) is 0.876. The van der Waals surface area contributed by atoms with Gasteiger partial charge in [0.1, 0.15) is 11.5 Å². The van der Waals surface area contributed by atoms with Crippen LogP contribution in [0.25, 0.3) is 0 Å². The molecule has 4 nitrogen and oxygen atoms in total. The van der Waals surface area contributed by atoms with E-state index in [4.69, 9.17) is 10.2 Å². The highest BCUT2D eigenvalue weighted by atomic mass is 16.3. The molecule has 0 saturated heterocycles. The molecule has 0 atom stereocenters. The van der Waals surface area contributed by atoms with Crippen LogP contribution < -0.4 is 5.73 Å². The molecule has 18 heavy (non-hydrogen) atoms. The van der Waals surface area contributed by atoms with Gasteiger partial charge >= 0.3 is 0 Å². The van der Waals surface area contributed by atoms with E-state index in [9.17, 15) is 0 Å². The maximum atomic E-state index is 5.68. The third-order valence-corrected chi connectivity index (χ3v) is 2.89. The molecule has 0 unspecified atom stereocenters. The SMILES string of the molecule is Cc1oc(CN(C)Cc2cccnc2)cc1CN. The van der Waals surface area contributed by atoms with Crippen LogP contribution in [0.2, 0.25) is 0 Å². The van der Waals surface area contributed by atoms with Gasteiger partial charge in [-0.3, -0.25) is 9.88 Å². The number of hydrogen-bond acceptors (Lipinski definition) is 4. The summed E-state index contributed by atoms with van der Waals surface area (Å²) in [4.78, 5) is 6.30. The van der Waals surface area contributed by atoms with Crippen LogP contribution in [0.3, 0.4) is 0 Å². The largest absolute Gasteiger partial charge is 0.465 e. The molecule has 0 aromatic carbocycles. The molecule has 2 heterocycles. The van der Waals surface area contributed by atoms with Crippen molar-refractivity contribution in [2.75, 3.05) is 7.05 Å². The fraction of sp³-hybridized carbons (Fsp3) is 0.357. The highest BCUT2D eigenvalue weighted by Gasteiger charge is 2.08. The molecule has 2 aromatic heterocycles. The lowest BCUT2D eigenvalue weighted by atomic mass is 10.2. The zero-order chi connectivity index (χ0) is 13.0. The number of nitrogens with two attached hydrogens (primary N) is 1. The number of rotatable bonds is 5. The number of furan rings is 1. The fourth-order valence-corrected chi connectivity index (χ4v) is 1.99. The van der Waals surface area contributed by atoms with Crippen LogP contribution in [-0.4, -0.2) is 16.9 Å². The first kappa shape index (κ1) is 12.8. The van der Waals surface area contributed by atoms with Crippen molar-refractivity contribution >= 4 is 0 Å². The van der Waals surface area contributed by atoms with E-state index in [1.54, 1.807) is 6.20 Å². The highest BCUT2D eigenvalue weighted by molar-refractivity contribution is 5.20. The molecule has 0 fully saturated rings. The molecular weight excluding hydrogens is 226 g/mol. The third kappa shape index (κ3) is 3.18. The number of aromatic nitrogens is 1. The second-order valence-electron chi connectivity index (χ2n) is 4.53. The lowest BCUT2D eigenvalue weighted by Gasteiger charge is -2.14. The summed E-state index contributed by atoms with van der Waals surface area (Å²) in [6, 6.07) is 6.06. The smallest absolute Gasteiger partial charge is 0.118 e. The van der Waals surface area contributed by atoms with Crippen molar-refractivity contribution < 1.29 is 4.42 Å². The predicted octanol–water partition coefficient (Wildman–Crippen LogP) is 2.07. The van der Waals surface area contributed by atoms with E-state index in [0.717, 1.165) is 30.2 Å². The van der Waals surface area contributed by atoms with Gasteiger partial charge in [0, 0.05) is 31.0 Å². The maximum Gasteiger partial charge on any atom is 0.118 e. The molecule has 96 valence electrons. The molecule has 0 radical (unpaired) electrons. The van der Waals surface area contributed by atoms with E-state index in [2.05, 4.69) is 23.0 Å². The van der Waals surface area contributed by atoms with Crippen LogP contribution >= 0.6 is 0 Å². The Hall–Kier alpha value is -1.65. The average Bonchev–Trinajstić information content (AvgIpc) is 2.70. The van der Waals surface area contributed by atoms with E-state index in [0.29, 0.717) is 6.54 Å². The fourth-order valence-electron chi connectivity index (χ4n) is 1.99. The van der Waals surface area contributed by atoms with Gasteiger partial charge < -0.3 is 10.2 Å². The van der Waals surface area contributed by atoms with E-state index in [1.165, 1.54) is 5.56 Å². The summed E-state index contributed by atoms with van der Waals surface area (Å²) in [5.74, 6) is 1.88. The molecule has 2 N–H and O–H groups in total. The first-order chi connectivity index (χ1) is 8.69. The van der Waals surface area contributed by atoms with Crippen molar-refractivity contribution in [3.05, 3.63) is 53.2 Å². The first-order valence-corrected chi connectivity index (χ1v) is 6.04. The van der Waals surface area contributed by atoms with Gasteiger partial charge in [-0.25, -0.2) is 0 Å². The number of aryl methyl sites for hydroxylation is 1. The van der Waals surface area contributed by atoms with Gasteiger partial charge in [-0.05, 0) is 31.7 Å². The monoisotopic (exact) mass is 245 g/mol. The summed E-state index contributed by atoms with van der Waals surface area (Å²) >= 11 is 0. The van der Waals surface area contributed by atoms with Crippen LogP contribution in [0.5, 0.6) is 0 Å². The Morgan fingerprint density at radius 3 is 2.83 bits per heavy atom. The van der Waals surface area contributed by atoms with Crippen molar-refractivity contribution in [1.29, 1.82) is 0 Å². The normalized spacial score (nSPS) is 11.1. The molecular formula is C14H19N3O. The van der Waals surface area contributed by atoms with Crippen LogP contribution in [-0.2, 0) is 19.6 Å². The Morgan fingerprint density at radius 1 is 1.39 bits per heavy atom. The number of pyridine rings is 1. The Balaban J connectivity index is 1.96. The molecule has 0 amide bonds. The molecule has 4 heteroatoms. The van der Waals surface area contributed by atoms with Crippen molar-refractivity contribution in [2.45, 2.75) is 26.6 Å². The van der Waals surface area contributed by atoms with Crippen molar-refractivity contribution in [3.8, 4) is 0 Å². The maximum absolute atomic E-state index is 5.68. The van der Waals surface area contributed by atoms with E-state index >= 15 is 0 Å². The zero-order valence-corrected chi connectivity index (χ0v) is 10.9. The van der Waals surface area contributed by atoms with Gasteiger partial charge in [-0.1, -0.05) is 6.07 Å². The second-order valence-corrected chi connectivity index (χ2v) is 4.53. The molecule has 2 rings (SSSR count). The van der Waals surface area contributed by atoms with Gasteiger partial charge in [0.05, 0.1) is 6.54 Å². The molecule has 0 aliphatic rings. The minimum absolute atomic E-state index is 0.529. The van der Waals surface area contributed by atoms with Gasteiger partial charge in [-0.2, -0.15) is 0 Å². The van der Waals surface area contributed by atoms with Gasteiger partial charge in [-0.15, -0.1) is 0 Å². The van der Waals surface area contributed by atoms with Crippen molar-refractivity contribution in [1.82, 2.24) is 9.88 Å². The van der Waals surface area contributed by atoms with Crippen LogP contribution in [0.4, 0.5) is 0 Å². The second kappa shape index (κ2) is 5.80. The molecule has 0 aliphatic heterocycles. The Labute approximate surface area is 107 Å². The molecule has 0 saturated carbocycles. The molecule has 0 bridgehead atoms. The van der Waals surface area contributed by atoms with Crippen LogP contribution in [0, 0.1) is 6.92 Å². The summed E-state index contributed by atoms with van der Waals surface area (Å²) in [5, 5.41) is 0. The molecule has 2 aromatic rings. The zero-order valence-electron chi connectivity index (χ0n) is 10.9. The first-order valence-electron chi connectivity index (χ1n) is 6.04.